The van der Waals surface area contributed by atoms with Gasteiger partial charge in [-0.1, -0.05) is 30.4 Å². The van der Waals surface area contributed by atoms with E-state index in [1.54, 1.807) is 6.07 Å². The smallest absolute Gasteiger partial charge is 0.271 e. The molecule has 2 aromatic rings. The minimum Gasteiger partial charge on any atom is -0.356 e. The van der Waals surface area contributed by atoms with E-state index in [1.807, 2.05) is 24.3 Å². The van der Waals surface area contributed by atoms with Crippen LogP contribution in [0.5, 0.6) is 0 Å². The predicted octanol–water partition coefficient (Wildman–Crippen LogP) is 1.15. The van der Waals surface area contributed by atoms with E-state index in [9.17, 15) is 19.2 Å². The van der Waals surface area contributed by atoms with E-state index in [1.165, 1.54) is 4.90 Å². The molecule has 0 aliphatic carbocycles. The third-order valence-corrected chi connectivity index (χ3v) is 5.77. The van der Waals surface area contributed by atoms with Crippen molar-refractivity contribution in [3.63, 3.8) is 0 Å². The van der Waals surface area contributed by atoms with Crippen molar-refractivity contribution < 1.29 is 19.2 Å². The lowest BCUT2D eigenvalue weighted by atomic mass is 9.98. The molecule has 0 bridgehead atoms. The zero-order valence-corrected chi connectivity index (χ0v) is 16.5. The highest BCUT2D eigenvalue weighted by Gasteiger charge is 2.38. The fourth-order valence-corrected chi connectivity index (χ4v) is 4.19. The normalized spacial score (nSPS) is 22.2. The van der Waals surface area contributed by atoms with Gasteiger partial charge in [0, 0.05) is 29.9 Å². The molecule has 3 amide bonds. The van der Waals surface area contributed by atoms with E-state index >= 15 is 0 Å². The standard InChI is InChI=1S/C22H24N4O4/c1-13-8-19(21(29)24-16(12-27)9-15-6-7-23-20(15)28)26(11-13)22(30)18-10-14-4-2-3-5-17(14)25-18/h2-5,10,12,15-16,19,25H,1,6-9,11H2,(H,23,28)(H,24,29)/t15-,16-,19-/m0/s1. The number of aromatic amines is 1. The number of H-pyrrole nitrogens is 1. The maximum absolute atomic E-state index is 13.1. The van der Waals surface area contributed by atoms with Crippen molar-refractivity contribution in [1.82, 2.24) is 20.5 Å². The van der Waals surface area contributed by atoms with Crippen molar-refractivity contribution in [3.8, 4) is 0 Å². The molecule has 0 radical (unpaired) electrons. The highest BCUT2D eigenvalue weighted by molar-refractivity contribution is 6.01. The van der Waals surface area contributed by atoms with Gasteiger partial charge < -0.3 is 25.3 Å². The molecule has 0 spiro atoms. The Balaban J connectivity index is 1.47. The molecule has 8 nitrogen and oxygen atoms in total. The van der Waals surface area contributed by atoms with Gasteiger partial charge in [-0.15, -0.1) is 0 Å². The van der Waals surface area contributed by atoms with E-state index in [2.05, 4.69) is 22.2 Å². The fraction of sp³-hybridized carbons (Fsp3) is 0.364. The molecule has 0 saturated carbocycles. The number of fused-ring (bicyclic) bond motifs is 1. The number of nitrogens with zero attached hydrogens (tertiary/aromatic N) is 1. The van der Waals surface area contributed by atoms with Crippen molar-refractivity contribution in [3.05, 3.63) is 48.2 Å². The fourth-order valence-electron chi connectivity index (χ4n) is 4.19. The van der Waals surface area contributed by atoms with Crippen molar-refractivity contribution in [2.24, 2.45) is 5.92 Å². The SMILES string of the molecule is C=C1C[C@@H](C(=O)N[C@H](C=O)C[C@@H]2CCNC2=O)N(C(=O)c2cc3ccccc3[nH]2)C1. The largest absolute Gasteiger partial charge is 0.356 e. The average molecular weight is 408 g/mol. The molecule has 3 heterocycles. The van der Waals surface area contributed by atoms with E-state index in [-0.39, 0.29) is 30.7 Å². The number of hydrogen-bond acceptors (Lipinski definition) is 4. The molecule has 30 heavy (non-hydrogen) atoms. The molecule has 2 aliphatic rings. The van der Waals surface area contributed by atoms with Crippen LogP contribution in [0.4, 0.5) is 0 Å². The molecule has 2 saturated heterocycles. The van der Waals surface area contributed by atoms with Crippen LogP contribution in [0.15, 0.2) is 42.5 Å². The minimum atomic E-state index is -0.773. The number of carbonyl (C=O) groups is 4. The van der Waals surface area contributed by atoms with Crippen LogP contribution in [0.3, 0.4) is 0 Å². The lowest BCUT2D eigenvalue weighted by Gasteiger charge is -2.25. The highest BCUT2D eigenvalue weighted by Crippen LogP contribution is 2.25. The van der Waals surface area contributed by atoms with Gasteiger partial charge in [0.1, 0.15) is 18.0 Å². The lowest BCUT2D eigenvalue weighted by Crippen LogP contribution is -2.49. The zero-order chi connectivity index (χ0) is 21.3. The van der Waals surface area contributed by atoms with Gasteiger partial charge in [0.05, 0.1) is 6.04 Å². The summed E-state index contributed by atoms with van der Waals surface area (Å²) in [4.78, 5) is 53.9. The monoisotopic (exact) mass is 408 g/mol. The molecule has 1 aromatic heterocycles. The molecule has 3 N–H and O–H groups in total. The molecule has 8 heteroatoms. The Morgan fingerprint density at radius 1 is 1.33 bits per heavy atom. The predicted molar refractivity (Wildman–Crippen MR) is 111 cm³/mol. The average Bonchev–Trinajstić information content (AvgIpc) is 3.45. The number of hydrogen-bond donors (Lipinski definition) is 3. The zero-order valence-electron chi connectivity index (χ0n) is 16.5. The molecule has 156 valence electrons. The molecular weight excluding hydrogens is 384 g/mol. The summed E-state index contributed by atoms with van der Waals surface area (Å²) in [7, 11) is 0. The van der Waals surface area contributed by atoms with Gasteiger partial charge in [-0.25, -0.2) is 0 Å². The van der Waals surface area contributed by atoms with Crippen LogP contribution in [0.25, 0.3) is 10.9 Å². The van der Waals surface area contributed by atoms with Crippen molar-refractivity contribution >= 4 is 34.9 Å². The van der Waals surface area contributed by atoms with Crippen LogP contribution >= 0.6 is 0 Å². The lowest BCUT2D eigenvalue weighted by molar-refractivity contribution is -0.128. The summed E-state index contributed by atoms with van der Waals surface area (Å²) in [5, 5.41) is 6.35. The molecular formula is C22H24N4O4. The summed E-state index contributed by atoms with van der Waals surface area (Å²) < 4.78 is 0. The number of carbonyl (C=O) groups excluding carboxylic acids is 4. The quantitative estimate of drug-likeness (QED) is 0.492. The van der Waals surface area contributed by atoms with Gasteiger partial charge in [0.25, 0.3) is 5.91 Å². The van der Waals surface area contributed by atoms with Gasteiger partial charge in [0.15, 0.2) is 0 Å². The van der Waals surface area contributed by atoms with Gasteiger partial charge >= 0.3 is 0 Å². The number of amides is 3. The Kier molecular flexibility index (Phi) is 5.39. The number of rotatable bonds is 6. The van der Waals surface area contributed by atoms with E-state index in [0.717, 1.165) is 16.5 Å². The first kappa shape index (κ1) is 19.9. The minimum absolute atomic E-state index is 0.0963. The van der Waals surface area contributed by atoms with Crippen molar-refractivity contribution in [2.45, 2.75) is 31.3 Å². The first-order chi connectivity index (χ1) is 14.5. The van der Waals surface area contributed by atoms with E-state index in [0.29, 0.717) is 31.4 Å². The Hall–Kier alpha value is -3.42. The Bertz CT molecular complexity index is 994. The van der Waals surface area contributed by atoms with Crippen LogP contribution in [0, 0.1) is 5.92 Å². The number of likely N-dealkylation sites (tertiary alicyclic amines) is 1. The second kappa shape index (κ2) is 8.14. The van der Waals surface area contributed by atoms with Gasteiger partial charge in [0.2, 0.25) is 11.8 Å². The third kappa shape index (κ3) is 3.85. The Morgan fingerprint density at radius 2 is 2.13 bits per heavy atom. The number of aldehydes is 1. The molecule has 4 rings (SSSR count). The summed E-state index contributed by atoms with van der Waals surface area (Å²) in [6, 6.07) is 7.81. The summed E-state index contributed by atoms with van der Waals surface area (Å²) in [5.74, 6) is -1.08. The van der Waals surface area contributed by atoms with Crippen LogP contribution in [-0.2, 0) is 14.4 Å². The molecule has 2 fully saturated rings. The van der Waals surface area contributed by atoms with Gasteiger partial charge in [-0.2, -0.15) is 0 Å². The number of para-hydroxylation sites is 1. The summed E-state index contributed by atoms with van der Waals surface area (Å²) >= 11 is 0. The first-order valence-electron chi connectivity index (χ1n) is 10.0. The number of aromatic nitrogens is 1. The van der Waals surface area contributed by atoms with E-state index in [4.69, 9.17) is 0 Å². The van der Waals surface area contributed by atoms with Crippen LogP contribution in [-0.4, -0.2) is 59.1 Å². The van der Waals surface area contributed by atoms with E-state index < -0.39 is 18.0 Å². The third-order valence-electron chi connectivity index (χ3n) is 5.77. The van der Waals surface area contributed by atoms with Crippen molar-refractivity contribution in [1.29, 1.82) is 0 Å². The van der Waals surface area contributed by atoms with Gasteiger partial charge in [-0.05, 0) is 31.4 Å². The maximum atomic E-state index is 13.1. The second-order valence-corrected chi connectivity index (χ2v) is 7.94. The topological polar surface area (TPSA) is 111 Å². The first-order valence-corrected chi connectivity index (χ1v) is 10.0. The Labute approximate surface area is 173 Å². The second-order valence-electron chi connectivity index (χ2n) is 7.94. The molecule has 3 atom stereocenters. The molecule has 2 aliphatic heterocycles. The summed E-state index contributed by atoms with van der Waals surface area (Å²) in [5.41, 5.74) is 2.02. The summed E-state index contributed by atoms with van der Waals surface area (Å²) in [6.45, 7) is 4.80. The number of benzene rings is 1. The van der Waals surface area contributed by atoms with Crippen molar-refractivity contribution in [2.75, 3.05) is 13.1 Å². The molecule has 0 unspecified atom stereocenters. The van der Waals surface area contributed by atoms with Crippen LogP contribution < -0.4 is 10.6 Å². The summed E-state index contributed by atoms with van der Waals surface area (Å²) in [6.07, 6.45) is 1.89. The Morgan fingerprint density at radius 3 is 2.83 bits per heavy atom. The molecule has 1 aromatic carbocycles. The highest BCUT2D eigenvalue weighted by atomic mass is 16.2. The van der Waals surface area contributed by atoms with Gasteiger partial charge in [-0.3, -0.25) is 14.4 Å². The van der Waals surface area contributed by atoms with Crippen LogP contribution in [0.2, 0.25) is 0 Å². The van der Waals surface area contributed by atoms with Crippen LogP contribution in [0.1, 0.15) is 29.8 Å². The number of nitrogens with one attached hydrogen (secondary N) is 3. The maximum Gasteiger partial charge on any atom is 0.271 e.